The van der Waals surface area contributed by atoms with Crippen molar-refractivity contribution < 1.29 is 4.79 Å². The number of hydrogen-bond acceptors (Lipinski definition) is 3. The molecule has 0 aliphatic carbocycles. The Morgan fingerprint density at radius 1 is 1.38 bits per heavy atom. The summed E-state index contributed by atoms with van der Waals surface area (Å²) in [7, 11) is 0. The van der Waals surface area contributed by atoms with Crippen LogP contribution in [0.15, 0.2) is 24.4 Å². The SMILES string of the molecule is O=C(CCC1CCNCC1)c1ccccn1. The molecule has 2 rings (SSSR count). The van der Waals surface area contributed by atoms with Gasteiger partial charge in [0.25, 0.3) is 0 Å². The van der Waals surface area contributed by atoms with Crippen molar-refractivity contribution in [1.82, 2.24) is 10.3 Å². The average Bonchev–Trinajstić information content (AvgIpc) is 2.38. The number of ketones is 1. The minimum absolute atomic E-state index is 0.180. The molecule has 1 fully saturated rings. The van der Waals surface area contributed by atoms with E-state index in [0.29, 0.717) is 18.0 Å². The molecule has 0 radical (unpaired) electrons. The van der Waals surface area contributed by atoms with E-state index >= 15 is 0 Å². The molecule has 3 nitrogen and oxygen atoms in total. The Kier molecular flexibility index (Phi) is 4.05. The Morgan fingerprint density at radius 3 is 2.88 bits per heavy atom. The van der Waals surface area contributed by atoms with E-state index in [1.807, 2.05) is 12.1 Å². The quantitative estimate of drug-likeness (QED) is 0.786. The molecule has 1 aromatic rings. The number of aromatic nitrogens is 1. The standard InChI is InChI=1S/C13H18N2O/c16-13(12-3-1-2-8-15-12)5-4-11-6-9-14-10-7-11/h1-3,8,11,14H,4-7,9-10H2. The van der Waals surface area contributed by atoms with E-state index in [9.17, 15) is 4.79 Å². The van der Waals surface area contributed by atoms with Crippen molar-refractivity contribution in [3.8, 4) is 0 Å². The van der Waals surface area contributed by atoms with E-state index < -0.39 is 0 Å². The van der Waals surface area contributed by atoms with Crippen molar-refractivity contribution in [3.05, 3.63) is 30.1 Å². The maximum absolute atomic E-state index is 11.8. The van der Waals surface area contributed by atoms with Crippen LogP contribution >= 0.6 is 0 Å². The van der Waals surface area contributed by atoms with E-state index in [-0.39, 0.29) is 5.78 Å². The molecule has 1 N–H and O–H groups in total. The average molecular weight is 218 g/mol. The predicted molar refractivity (Wildman–Crippen MR) is 63.4 cm³/mol. The summed E-state index contributed by atoms with van der Waals surface area (Å²) in [6.45, 7) is 2.20. The number of nitrogens with zero attached hydrogens (tertiary/aromatic N) is 1. The van der Waals surface area contributed by atoms with Crippen molar-refractivity contribution in [2.45, 2.75) is 25.7 Å². The fraction of sp³-hybridized carbons (Fsp3) is 0.538. The van der Waals surface area contributed by atoms with Gasteiger partial charge < -0.3 is 5.32 Å². The molecule has 0 atom stereocenters. The van der Waals surface area contributed by atoms with Crippen molar-refractivity contribution in [3.63, 3.8) is 0 Å². The molecule has 16 heavy (non-hydrogen) atoms. The highest BCUT2D eigenvalue weighted by Crippen LogP contribution is 2.18. The fourth-order valence-corrected chi connectivity index (χ4v) is 2.16. The van der Waals surface area contributed by atoms with Crippen molar-refractivity contribution in [1.29, 1.82) is 0 Å². The lowest BCUT2D eigenvalue weighted by Gasteiger charge is -2.21. The Balaban J connectivity index is 1.79. The zero-order chi connectivity index (χ0) is 11.2. The van der Waals surface area contributed by atoms with Gasteiger partial charge in [0.2, 0.25) is 0 Å². The van der Waals surface area contributed by atoms with Gasteiger partial charge in [0.05, 0.1) is 0 Å². The first kappa shape index (κ1) is 11.3. The second kappa shape index (κ2) is 5.75. The van der Waals surface area contributed by atoms with Crippen LogP contribution in [0.2, 0.25) is 0 Å². The molecule has 86 valence electrons. The zero-order valence-electron chi connectivity index (χ0n) is 9.48. The minimum atomic E-state index is 0.180. The summed E-state index contributed by atoms with van der Waals surface area (Å²) in [4.78, 5) is 15.9. The molecular formula is C13H18N2O. The van der Waals surface area contributed by atoms with Gasteiger partial charge >= 0.3 is 0 Å². The summed E-state index contributed by atoms with van der Waals surface area (Å²) in [6.07, 6.45) is 5.74. The normalized spacial score (nSPS) is 17.2. The summed E-state index contributed by atoms with van der Waals surface area (Å²) in [5, 5.41) is 3.34. The van der Waals surface area contributed by atoms with Crippen LogP contribution in [0.1, 0.15) is 36.2 Å². The lowest BCUT2D eigenvalue weighted by molar-refractivity contribution is 0.0966. The monoisotopic (exact) mass is 218 g/mol. The largest absolute Gasteiger partial charge is 0.317 e. The van der Waals surface area contributed by atoms with Crippen LogP contribution in [-0.2, 0) is 0 Å². The lowest BCUT2D eigenvalue weighted by atomic mass is 9.92. The van der Waals surface area contributed by atoms with E-state index in [0.717, 1.165) is 19.5 Å². The van der Waals surface area contributed by atoms with Gasteiger partial charge in [-0.15, -0.1) is 0 Å². The van der Waals surface area contributed by atoms with Crippen LogP contribution in [0.4, 0.5) is 0 Å². The van der Waals surface area contributed by atoms with Gasteiger partial charge in [0.1, 0.15) is 5.69 Å². The first-order valence-corrected chi connectivity index (χ1v) is 6.01. The molecular weight excluding hydrogens is 200 g/mol. The third-order valence-electron chi connectivity index (χ3n) is 3.19. The molecule has 1 saturated heterocycles. The molecule has 0 bridgehead atoms. The Hall–Kier alpha value is -1.22. The minimum Gasteiger partial charge on any atom is -0.317 e. The van der Waals surface area contributed by atoms with Crippen LogP contribution in [0, 0.1) is 5.92 Å². The number of carbonyl (C=O) groups is 1. The number of Topliss-reactive ketones (excluding diaryl/α,β-unsaturated/α-hetero) is 1. The molecule has 3 heteroatoms. The highest BCUT2D eigenvalue weighted by atomic mass is 16.1. The van der Waals surface area contributed by atoms with Crippen molar-refractivity contribution in [2.24, 2.45) is 5.92 Å². The summed E-state index contributed by atoms with van der Waals surface area (Å²) in [5.74, 6) is 0.896. The summed E-state index contributed by atoms with van der Waals surface area (Å²) < 4.78 is 0. The molecule has 0 amide bonds. The topological polar surface area (TPSA) is 42.0 Å². The van der Waals surface area contributed by atoms with E-state index in [2.05, 4.69) is 10.3 Å². The number of rotatable bonds is 4. The molecule has 0 unspecified atom stereocenters. The van der Waals surface area contributed by atoms with Crippen molar-refractivity contribution >= 4 is 5.78 Å². The van der Waals surface area contributed by atoms with Gasteiger partial charge in [-0.1, -0.05) is 6.07 Å². The van der Waals surface area contributed by atoms with Gasteiger partial charge in [-0.05, 0) is 50.4 Å². The Labute approximate surface area is 96.3 Å². The second-order valence-electron chi connectivity index (χ2n) is 4.37. The summed E-state index contributed by atoms with van der Waals surface area (Å²) in [5.41, 5.74) is 0.608. The van der Waals surface area contributed by atoms with Crippen LogP contribution in [-0.4, -0.2) is 23.9 Å². The molecule has 1 aliphatic rings. The van der Waals surface area contributed by atoms with E-state index in [1.54, 1.807) is 12.3 Å². The molecule has 0 spiro atoms. The Bertz CT molecular complexity index is 331. The third-order valence-corrected chi connectivity index (χ3v) is 3.19. The number of nitrogens with one attached hydrogen (secondary N) is 1. The molecule has 1 aliphatic heterocycles. The van der Waals surface area contributed by atoms with Crippen LogP contribution in [0.3, 0.4) is 0 Å². The molecule has 2 heterocycles. The fourth-order valence-electron chi connectivity index (χ4n) is 2.16. The predicted octanol–water partition coefficient (Wildman–Crippen LogP) is 2.04. The van der Waals surface area contributed by atoms with Gasteiger partial charge in [-0.3, -0.25) is 9.78 Å². The van der Waals surface area contributed by atoms with Gasteiger partial charge in [-0.2, -0.15) is 0 Å². The summed E-state index contributed by atoms with van der Waals surface area (Å²) in [6, 6.07) is 5.50. The number of hydrogen-bond donors (Lipinski definition) is 1. The van der Waals surface area contributed by atoms with Crippen LogP contribution in [0.25, 0.3) is 0 Å². The van der Waals surface area contributed by atoms with Gasteiger partial charge in [0, 0.05) is 12.6 Å². The van der Waals surface area contributed by atoms with Crippen molar-refractivity contribution in [2.75, 3.05) is 13.1 Å². The van der Waals surface area contributed by atoms with Gasteiger partial charge in [0.15, 0.2) is 5.78 Å². The first-order valence-electron chi connectivity index (χ1n) is 6.01. The number of piperidine rings is 1. The number of carbonyl (C=O) groups excluding carboxylic acids is 1. The summed E-state index contributed by atoms with van der Waals surface area (Å²) >= 11 is 0. The maximum Gasteiger partial charge on any atom is 0.181 e. The van der Waals surface area contributed by atoms with Crippen LogP contribution < -0.4 is 5.32 Å². The Morgan fingerprint density at radius 2 is 2.19 bits per heavy atom. The zero-order valence-corrected chi connectivity index (χ0v) is 9.48. The molecule has 0 saturated carbocycles. The second-order valence-corrected chi connectivity index (χ2v) is 4.37. The molecule has 1 aromatic heterocycles. The van der Waals surface area contributed by atoms with Crippen LogP contribution in [0.5, 0.6) is 0 Å². The smallest absolute Gasteiger partial charge is 0.181 e. The maximum atomic E-state index is 11.8. The highest BCUT2D eigenvalue weighted by molar-refractivity contribution is 5.94. The molecule has 0 aromatic carbocycles. The first-order chi connectivity index (χ1) is 7.86. The van der Waals surface area contributed by atoms with Gasteiger partial charge in [-0.25, -0.2) is 0 Å². The van der Waals surface area contributed by atoms with E-state index in [4.69, 9.17) is 0 Å². The third kappa shape index (κ3) is 3.14. The number of pyridine rings is 1. The van der Waals surface area contributed by atoms with E-state index in [1.165, 1.54) is 12.8 Å². The highest BCUT2D eigenvalue weighted by Gasteiger charge is 2.15. The lowest BCUT2D eigenvalue weighted by Crippen LogP contribution is -2.28.